The van der Waals surface area contributed by atoms with E-state index in [9.17, 15) is 14.4 Å². The summed E-state index contributed by atoms with van der Waals surface area (Å²) in [6.45, 7) is 3.07. The number of carbonyl (C=O) groups is 3. The number of carbonyl (C=O) groups excluding carboxylic acids is 3. The highest BCUT2D eigenvalue weighted by molar-refractivity contribution is 7.08. The van der Waals surface area contributed by atoms with Crippen LogP contribution in [0, 0.1) is 11.8 Å². The number of amides is 3. The second kappa shape index (κ2) is 6.42. The smallest absolute Gasteiger partial charge is 0.230 e. The number of hydrogen-bond acceptors (Lipinski definition) is 5. The zero-order valence-electron chi connectivity index (χ0n) is 15.6. The first-order valence-corrected chi connectivity index (χ1v) is 10.7. The summed E-state index contributed by atoms with van der Waals surface area (Å²) in [4.78, 5) is 39.8. The van der Waals surface area contributed by atoms with Gasteiger partial charge in [0.1, 0.15) is 5.60 Å². The first-order chi connectivity index (χ1) is 13.5. The molecule has 28 heavy (non-hydrogen) atoms. The molecule has 0 aliphatic carbocycles. The molecule has 1 spiro atoms. The SMILES string of the molecule is CCN1CC23C=CC(O2)C(C(=O)N[C@@H]2CCC(=O)N[C@H]2c2ccsc2)C3C1=O. The van der Waals surface area contributed by atoms with Crippen molar-refractivity contribution in [3.05, 3.63) is 34.5 Å². The predicted molar refractivity (Wildman–Crippen MR) is 102 cm³/mol. The number of likely N-dealkylation sites (N-methyl/N-ethyl adjacent to an activating group) is 1. The highest BCUT2D eigenvalue weighted by atomic mass is 32.1. The lowest BCUT2D eigenvalue weighted by Gasteiger charge is -2.34. The van der Waals surface area contributed by atoms with Crippen molar-refractivity contribution in [1.82, 2.24) is 15.5 Å². The summed E-state index contributed by atoms with van der Waals surface area (Å²) >= 11 is 1.56. The van der Waals surface area contributed by atoms with Gasteiger partial charge in [0.05, 0.1) is 36.6 Å². The number of ether oxygens (including phenoxy) is 1. The Hall–Kier alpha value is -2.19. The van der Waals surface area contributed by atoms with Crippen molar-refractivity contribution in [1.29, 1.82) is 0 Å². The van der Waals surface area contributed by atoms with Crippen molar-refractivity contribution >= 4 is 29.1 Å². The lowest BCUT2D eigenvalue weighted by atomic mass is 9.76. The van der Waals surface area contributed by atoms with Crippen molar-refractivity contribution in [2.75, 3.05) is 13.1 Å². The van der Waals surface area contributed by atoms with E-state index < -0.39 is 17.4 Å². The summed E-state index contributed by atoms with van der Waals surface area (Å²) in [5.74, 6) is -1.14. The van der Waals surface area contributed by atoms with E-state index in [1.807, 2.05) is 35.9 Å². The third kappa shape index (κ3) is 2.54. The van der Waals surface area contributed by atoms with Crippen LogP contribution in [-0.2, 0) is 19.1 Å². The number of hydrogen-bond donors (Lipinski definition) is 2. The topological polar surface area (TPSA) is 87.7 Å². The van der Waals surface area contributed by atoms with Gasteiger partial charge in [0, 0.05) is 13.0 Å². The molecule has 0 aromatic carbocycles. The standard InChI is InChI=1S/C20H23N3O4S/c1-2-23-10-20-7-5-13(27-20)15(16(20)19(23)26)18(25)21-12-3-4-14(24)22-17(12)11-6-8-28-9-11/h5-9,12-13,15-17H,2-4,10H2,1H3,(H,21,25)(H,22,24)/t12-,13?,15?,16?,17+,20?/m1/s1. The van der Waals surface area contributed by atoms with Gasteiger partial charge in [-0.2, -0.15) is 11.3 Å². The van der Waals surface area contributed by atoms with E-state index in [4.69, 9.17) is 4.74 Å². The molecule has 0 saturated carbocycles. The Morgan fingerprint density at radius 2 is 2.32 bits per heavy atom. The Bertz CT molecular complexity index is 854. The van der Waals surface area contributed by atoms with Crippen LogP contribution in [0.2, 0.25) is 0 Å². The average molecular weight is 401 g/mol. The van der Waals surface area contributed by atoms with Crippen molar-refractivity contribution in [2.45, 2.75) is 43.6 Å². The Balaban J connectivity index is 1.37. The molecule has 4 aliphatic heterocycles. The minimum atomic E-state index is -0.659. The molecule has 6 atom stereocenters. The number of thiophene rings is 1. The third-order valence-electron chi connectivity index (χ3n) is 6.49. The molecule has 4 aliphatic rings. The van der Waals surface area contributed by atoms with Crippen LogP contribution < -0.4 is 10.6 Å². The monoisotopic (exact) mass is 401 g/mol. The van der Waals surface area contributed by atoms with Gasteiger partial charge in [-0.25, -0.2) is 0 Å². The number of rotatable bonds is 4. The highest BCUT2D eigenvalue weighted by Crippen LogP contribution is 2.51. The largest absolute Gasteiger partial charge is 0.360 e. The van der Waals surface area contributed by atoms with Crippen LogP contribution in [-0.4, -0.2) is 53.5 Å². The zero-order chi connectivity index (χ0) is 19.5. The van der Waals surface area contributed by atoms with Crippen LogP contribution in [0.3, 0.4) is 0 Å². The molecule has 148 valence electrons. The van der Waals surface area contributed by atoms with E-state index in [0.29, 0.717) is 25.9 Å². The number of piperidine rings is 1. The molecule has 5 heterocycles. The Morgan fingerprint density at radius 3 is 3.07 bits per heavy atom. The van der Waals surface area contributed by atoms with Gasteiger partial charge in [0.2, 0.25) is 17.7 Å². The van der Waals surface area contributed by atoms with Crippen LogP contribution in [0.4, 0.5) is 0 Å². The summed E-state index contributed by atoms with van der Waals surface area (Å²) in [6, 6.07) is 1.53. The second-order valence-corrected chi connectivity index (χ2v) is 8.79. The van der Waals surface area contributed by atoms with Crippen LogP contribution >= 0.6 is 11.3 Å². The normalized spacial score (nSPS) is 38.6. The summed E-state index contributed by atoms with van der Waals surface area (Å²) in [7, 11) is 0. The maximum absolute atomic E-state index is 13.3. The molecule has 3 amide bonds. The van der Waals surface area contributed by atoms with Crippen molar-refractivity contribution in [3.8, 4) is 0 Å². The molecular formula is C20H23N3O4S. The minimum absolute atomic E-state index is 0.000770. The van der Waals surface area contributed by atoms with Crippen LogP contribution in [0.1, 0.15) is 31.4 Å². The van der Waals surface area contributed by atoms with Crippen molar-refractivity contribution in [3.63, 3.8) is 0 Å². The molecular weight excluding hydrogens is 378 g/mol. The quantitative estimate of drug-likeness (QED) is 0.737. The average Bonchev–Trinajstić information content (AvgIpc) is 3.44. The molecule has 8 heteroatoms. The molecule has 4 unspecified atom stereocenters. The first kappa shape index (κ1) is 17.9. The summed E-state index contributed by atoms with van der Waals surface area (Å²) in [5.41, 5.74) is 0.339. The Morgan fingerprint density at radius 1 is 1.46 bits per heavy atom. The lowest BCUT2D eigenvalue weighted by Crippen LogP contribution is -2.53. The van der Waals surface area contributed by atoms with Crippen LogP contribution in [0.5, 0.6) is 0 Å². The van der Waals surface area contributed by atoms with Gasteiger partial charge >= 0.3 is 0 Å². The lowest BCUT2D eigenvalue weighted by molar-refractivity contribution is -0.138. The van der Waals surface area contributed by atoms with Gasteiger partial charge in [-0.15, -0.1) is 0 Å². The minimum Gasteiger partial charge on any atom is -0.360 e. The maximum atomic E-state index is 13.3. The highest BCUT2D eigenvalue weighted by Gasteiger charge is 2.66. The van der Waals surface area contributed by atoms with Gasteiger partial charge < -0.3 is 20.3 Å². The fourth-order valence-electron chi connectivity index (χ4n) is 5.15. The molecule has 3 fully saturated rings. The van der Waals surface area contributed by atoms with Crippen molar-refractivity contribution in [2.24, 2.45) is 11.8 Å². The molecule has 2 N–H and O–H groups in total. The fourth-order valence-corrected chi connectivity index (χ4v) is 5.84. The summed E-state index contributed by atoms with van der Waals surface area (Å²) in [6.07, 6.45) is 4.50. The molecule has 3 saturated heterocycles. The fraction of sp³-hybridized carbons (Fsp3) is 0.550. The van der Waals surface area contributed by atoms with E-state index in [0.717, 1.165) is 5.56 Å². The maximum Gasteiger partial charge on any atom is 0.230 e. The number of fused-ring (bicyclic) bond motifs is 1. The van der Waals surface area contributed by atoms with E-state index >= 15 is 0 Å². The van der Waals surface area contributed by atoms with E-state index in [1.165, 1.54) is 0 Å². The first-order valence-electron chi connectivity index (χ1n) is 9.80. The summed E-state index contributed by atoms with van der Waals surface area (Å²) in [5, 5.41) is 10.1. The molecule has 1 aromatic heterocycles. The van der Waals surface area contributed by atoms with E-state index in [-0.39, 0.29) is 35.9 Å². The molecule has 7 nitrogen and oxygen atoms in total. The molecule has 0 radical (unpaired) electrons. The number of nitrogens with zero attached hydrogens (tertiary/aromatic N) is 1. The van der Waals surface area contributed by atoms with Gasteiger partial charge in [-0.1, -0.05) is 12.2 Å². The molecule has 2 bridgehead atoms. The third-order valence-corrected chi connectivity index (χ3v) is 7.20. The molecule has 5 rings (SSSR count). The van der Waals surface area contributed by atoms with Crippen LogP contribution in [0.25, 0.3) is 0 Å². The number of nitrogens with one attached hydrogen (secondary N) is 2. The number of likely N-dealkylation sites (tertiary alicyclic amines) is 1. The van der Waals surface area contributed by atoms with Crippen LogP contribution in [0.15, 0.2) is 29.0 Å². The van der Waals surface area contributed by atoms with Crippen molar-refractivity contribution < 1.29 is 19.1 Å². The van der Waals surface area contributed by atoms with E-state index in [1.54, 1.807) is 16.2 Å². The Kier molecular flexibility index (Phi) is 4.10. The van der Waals surface area contributed by atoms with Gasteiger partial charge in [-0.3, -0.25) is 14.4 Å². The van der Waals surface area contributed by atoms with Gasteiger partial charge in [0.25, 0.3) is 0 Å². The van der Waals surface area contributed by atoms with Gasteiger partial charge in [0.15, 0.2) is 0 Å². The summed E-state index contributed by atoms with van der Waals surface area (Å²) < 4.78 is 6.12. The zero-order valence-corrected chi connectivity index (χ0v) is 16.4. The predicted octanol–water partition coefficient (Wildman–Crippen LogP) is 0.986. The second-order valence-electron chi connectivity index (χ2n) is 8.01. The molecule has 1 aromatic rings. The van der Waals surface area contributed by atoms with E-state index in [2.05, 4.69) is 10.6 Å². The Labute approximate surface area is 167 Å². The van der Waals surface area contributed by atoms with Gasteiger partial charge in [-0.05, 0) is 35.7 Å².